The standard InChI is InChI=1S/C15H12F3N3O2S/c1-9-5-12(15(16,17)18)11(6-19)14(21-9)24-8-13(22)20-7-10-3-2-4-23-10/h2-5H,7-8H2,1H3,(H,20,22). The van der Waals surface area contributed by atoms with Crippen molar-refractivity contribution in [2.75, 3.05) is 5.75 Å². The second kappa shape index (κ2) is 7.40. The fourth-order valence-electron chi connectivity index (χ4n) is 1.86. The quantitative estimate of drug-likeness (QED) is 0.833. The van der Waals surface area contributed by atoms with E-state index in [9.17, 15) is 18.0 Å². The maximum absolute atomic E-state index is 13.0. The van der Waals surface area contributed by atoms with Crippen molar-refractivity contribution in [3.63, 3.8) is 0 Å². The van der Waals surface area contributed by atoms with Gasteiger partial charge in [-0.15, -0.1) is 0 Å². The van der Waals surface area contributed by atoms with Gasteiger partial charge in [0.2, 0.25) is 5.91 Å². The number of alkyl halides is 3. The minimum absolute atomic E-state index is 0.113. The topological polar surface area (TPSA) is 78.9 Å². The van der Waals surface area contributed by atoms with Gasteiger partial charge in [0.1, 0.15) is 16.9 Å². The molecular weight excluding hydrogens is 343 g/mol. The first kappa shape index (κ1) is 17.9. The number of halogens is 3. The predicted molar refractivity (Wildman–Crippen MR) is 80.0 cm³/mol. The van der Waals surface area contributed by atoms with Crippen molar-refractivity contribution in [1.29, 1.82) is 5.26 Å². The third-order valence-electron chi connectivity index (χ3n) is 2.91. The molecule has 0 atom stereocenters. The fourth-order valence-corrected chi connectivity index (χ4v) is 2.74. The summed E-state index contributed by atoms with van der Waals surface area (Å²) < 4.78 is 44.0. The summed E-state index contributed by atoms with van der Waals surface area (Å²) in [5.74, 6) is -0.0142. The molecule has 2 aromatic heterocycles. The number of pyridine rings is 1. The molecule has 2 heterocycles. The molecule has 0 saturated carbocycles. The van der Waals surface area contributed by atoms with Gasteiger partial charge in [-0.3, -0.25) is 4.79 Å². The van der Waals surface area contributed by atoms with E-state index < -0.39 is 23.2 Å². The number of nitriles is 1. The van der Waals surface area contributed by atoms with Gasteiger partial charge in [0.05, 0.1) is 29.7 Å². The molecule has 0 aromatic carbocycles. The normalized spacial score (nSPS) is 11.1. The summed E-state index contributed by atoms with van der Waals surface area (Å²) in [5.41, 5.74) is -1.49. The number of hydrogen-bond acceptors (Lipinski definition) is 5. The number of thioether (sulfide) groups is 1. The summed E-state index contributed by atoms with van der Waals surface area (Å²) in [5, 5.41) is 11.5. The molecular formula is C15H12F3N3O2S. The molecule has 2 rings (SSSR count). The Balaban J connectivity index is 2.08. The average Bonchev–Trinajstić information content (AvgIpc) is 3.02. The van der Waals surface area contributed by atoms with Crippen LogP contribution in [-0.2, 0) is 17.5 Å². The molecule has 0 unspecified atom stereocenters. The number of aromatic nitrogens is 1. The van der Waals surface area contributed by atoms with Gasteiger partial charge in [-0.25, -0.2) is 4.98 Å². The fraction of sp³-hybridized carbons (Fsp3) is 0.267. The first-order valence-electron chi connectivity index (χ1n) is 6.72. The Kier molecular flexibility index (Phi) is 5.51. The Bertz CT molecular complexity index is 768. The number of rotatable bonds is 5. The zero-order chi connectivity index (χ0) is 17.7. The van der Waals surface area contributed by atoms with Crippen molar-refractivity contribution < 1.29 is 22.4 Å². The molecule has 5 nitrogen and oxygen atoms in total. The Morgan fingerprint density at radius 2 is 2.25 bits per heavy atom. The van der Waals surface area contributed by atoms with Crippen LogP contribution in [0.25, 0.3) is 0 Å². The van der Waals surface area contributed by atoms with E-state index >= 15 is 0 Å². The van der Waals surface area contributed by atoms with Crippen LogP contribution in [0, 0.1) is 18.3 Å². The van der Waals surface area contributed by atoms with Crippen LogP contribution >= 0.6 is 11.8 Å². The molecule has 2 aromatic rings. The van der Waals surface area contributed by atoms with Crippen LogP contribution in [0.3, 0.4) is 0 Å². The highest BCUT2D eigenvalue weighted by atomic mass is 32.2. The highest BCUT2D eigenvalue weighted by Crippen LogP contribution is 2.35. The molecule has 126 valence electrons. The van der Waals surface area contributed by atoms with Gasteiger partial charge in [-0.1, -0.05) is 11.8 Å². The summed E-state index contributed by atoms with van der Waals surface area (Å²) in [6, 6.07) is 5.70. The predicted octanol–water partition coefficient (Wildman–Crippen LogP) is 3.28. The van der Waals surface area contributed by atoms with Gasteiger partial charge in [-0.05, 0) is 25.1 Å². The van der Waals surface area contributed by atoms with Gasteiger partial charge < -0.3 is 9.73 Å². The summed E-state index contributed by atoms with van der Waals surface area (Å²) in [6.07, 6.45) is -3.19. The van der Waals surface area contributed by atoms with Crippen LogP contribution in [-0.4, -0.2) is 16.6 Å². The van der Waals surface area contributed by atoms with Gasteiger partial charge >= 0.3 is 6.18 Å². The van der Waals surface area contributed by atoms with Gasteiger partial charge in [0, 0.05) is 5.69 Å². The van der Waals surface area contributed by atoms with E-state index in [1.54, 1.807) is 12.1 Å². The molecule has 0 aliphatic carbocycles. The maximum atomic E-state index is 13.0. The molecule has 0 radical (unpaired) electrons. The first-order chi connectivity index (χ1) is 11.3. The molecule has 0 bridgehead atoms. The molecule has 0 saturated heterocycles. The lowest BCUT2D eigenvalue weighted by molar-refractivity contribution is -0.138. The number of carbonyl (C=O) groups excluding carboxylic acids is 1. The zero-order valence-electron chi connectivity index (χ0n) is 12.5. The van der Waals surface area contributed by atoms with E-state index in [0.29, 0.717) is 5.76 Å². The van der Waals surface area contributed by atoms with E-state index in [1.165, 1.54) is 19.3 Å². The van der Waals surface area contributed by atoms with Crippen molar-refractivity contribution >= 4 is 17.7 Å². The number of hydrogen-bond donors (Lipinski definition) is 1. The molecule has 9 heteroatoms. The maximum Gasteiger partial charge on any atom is 0.417 e. The Hall–Kier alpha value is -2.47. The van der Waals surface area contributed by atoms with Crippen molar-refractivity contribution in [2.24, 2.45) is 0 Å². The number of aryl methyl sites for hydroxylation is 1. The number of nitrogens with zero attached hydrogens (tertiary/aromatic N) is 2. The van der Waals surface area contributed by atoms with Crippen molar-refractivity contribution in [3.05, 3.63) is 47.0 Å². The van der Waals surface area contributed by atoms with Crippen molar-refractivity contribution in [2.45, 2.75) is 24.7 Å². The largest absolute Gasteiger partial charge is 0.467 e. The van der Waals surface area contributed by atoms with Crippen LogP contribution in [0.1, 0.15) is 22.6 Å². The van der Waals surface area contributed by atoms with Crippen LogP contribution in [0.2, 0.25) is 0 Å². The Labute approximate surface area is 139 Å². The molecule has 0 fully saturated rings. The molecule has 1 N–H and O–H groups in total. The third-order valence-corrected chi connectivity index (χ3v) is 3.89. The lowest BCUT2D eigenvalue weighted by Gasteiger charge is -2.12. The van der Waals surface area contributed by atoms with Crippen LogP contribution in [0.15, 0.2) is 33.9 Å². The second-order valence-corrected chi connectivity index (χ2v) is 5.71. The summed E-state index contributed by atoms with van der Waals surface area (Å²) in [4.78, 5) is 15.7. The molecule has 1 amide bonds. The number of furan rings is 1. The second-order valence-electron chi connectivity index (χ2n) is 4.75. The van der Waals surface area contributed by atoms with Gasteiger partial charge in [0.15, 0.2) is 0 Å². The highest BCUT2D eigenvalue weighted by molar-refractivity contribution is 8.00. The Morgan fingerprint density at radius 1 is 1.50 bits per heavy atom. The Morgan fingerprint density at radius 3 is 2.83 bits per heavy atom. The molecule has 0 spiro atoms. The number of carbonyl (C=O) groups is 1. The zero-order valence-corrected chi connectivity index (χ0v) is 13.3. The van der Waals surface area contributed by atoms with E-state index in [0.717, 1.165) is 17.8 Å². The molecule has 0 aliphatic rings. The molecule has 0 aliphatic heterocycles. The smallest absolute Gasteiger partial charge is 0.417 e. The lowest BCUT2D eigenvalue weighted by Crippen LogP contribution is -2.24. The average molecular weight is 355 g/mol. The van der Waals surface area contributed by atoms with E-state index in [2.05, 4.69) is 10.3 Å². The first-order valence-corrected chi connectivity index (χ1v) is 7.70. The summed E-state index contributed by atoms with van der Waals surface area (Å²) in [7, 11) is 0. The van der Waals surface area contributed by atoms with E-state index in [-0.39, 0.29) is 23.0 Å². The van der Waals surface area contributed by atoms with Crippen molar-refractivity contribution in [1.82, 2.24) is 10.3 Å². The molecule has 24 heavy (non-hydrogen) atoms. The third kappa shape index (κ3) is 4.52. The number of amides is 1. The SMILES string of the molecule is Cc1cc(C(F)(F)F)c(C#N)c(SCC(=O)NCc2ccco2)n1. The minimum atomic E-state index is -4.66. The lowest BCUT2D eigenvalue weighted by atomic mass is 10.1. The van der Waals surface area contributed by atoms with E-state index in [1.807, 2.05) is 0 Å². The van der Waals surface area contributed by atoms with Gasteiger partial charge in [-0.2, -0.15) is 18.4 Å². The monoisotopic (exact) mass is 355 g/mol. The van der Waals surface area contributed by atoms with Crippen LogP contribution < -0.4 is 5.32 Å². The summed E-state index contributed by atoms with van der Waals surface area (Å²) in [6.45, 7) is 1.57. The van der Waals surface area contributed by atoms with Gasteiger partial charge in [0.25, 0.3) is 0 Å². The summed E-state index contributed by atoms with van der Waals surface area (Å²) >= 11 is 0.785. The van der Waals surface area contributed by atoms with Crippen LogP contribution in [0.4, 0.5) is 13.2 Å². The van der Waals surface area contributed by atoms with Crippen molar-refractivity contribution in [3.8, 4) is 6.07 Å². The van der Waals surface area contributed by atoms with E-state index in [4.69, 9.17) is 9.68 Å². The highest BCUT2D eigenvalue weighted by Gasteiger charge is 2.35. The minimum Gasteiger partial charge on any atom is -0.467 e. The van der Waals surface area contributed by atoms with Crippen LogP contribution in [0.5, 0.6) is 0 Å². The number of nitrogens with one attached hydrogen (secondary N) is 1.